The Morgan fingerprint density at radius 1 is 0.829 bits per heavy atom. The quantitative estimate of drug-likeness (QED) is 0.688. The second-order valence-electron chi connectivity index (χ2n) is 10.2. The molecular weight excluding hydrogens is 440 g/mol. The van der Waals surface area contributed by atoms with E-state index in [4.69, 9.17) is 0 Å². The normalized spacial score (nSPS) is 21.5. The van der Waals surface area contributed by atoms with Crippen LogP contribution < -0.4 is 9.80 Å². The van der Waals surface area contributed by atoms with E-state index in [9.17, 15) is 14.4 Å². The van der Waals surface area contributed by atoms with E-state index in [0.717, 1.165) is 63.8 Å². The maximum Gasteiger partial charge on any atom is 0.253 e. The molecule has 7 heteroatoms. The lowest BCUT2D eigenvalue weighted by Crippen LogP contribution is -2.57. The first kappa shape index (κ1) is 22.1. The van der Waals surface area contributed by atoms with Gasteiger partial charge in [-0.2, -0.15) is 0 Å². The summed E-state index contributed by atoms with van der Waals surface area (Å²) in [4.78, 5) is 47.9. The number of hydrogen-bond donors (Lipinski definition) is 0. The van der Waals surface area contributed by atoms with E-state index >= 15 is 0 Å². The molecule has 3 amide bonds. The van der Waals surface area contributed by atoms with Crippen LogP contribution in [-0.4, -0.2) is 66.3 Å². The van der Waals surface area contributed by atoms with Crippen LogP contribution in [-0.2, 0) is 22.6 Å². The summed E-state index contributed by atoms with van der Waals surface area (Å²) in [6.07, 6.45) is 5.75. The van der Waals surface area contributed by atoms with Gasteiger partial charge < -0.3 is 14.7 Å². The Balaban J connectivity index is 1.30. The maximum atomic E-state index is 13.7. The second kappa shape index (κ2) is 9.02. The molecule has 0 aromatic heterocycles. The Labute approximate surface area is 206 Å². The Morgan fingerprint density at radius 3 is 2.43 bits per heavy atom. The molecule has 1 atom stereocenters. The average molecular weight is 473 g/mol. The van der Waals surface area contributed by atoms with Gasteiger partial charge in [0.25, 0.3) is 5.91 Å². The smallest absolute Gasteiger partial charge is 0.253 e. The van der Waals surface area contributed by atoms with Gasteiger partial charge in [-0.1, -0.05) is 24.3 Å². The molecule has 2 fully saturated rings. The fourth-order valence-electron chi connectivity index (χ4n) is 6.10. The van der Waals surface area contributed by atoms with Crippen molar-refractivity contribution < 1.29 is 14.4 Å². The monoisotopic (exact) mass is 472 g/mol. The first-order valence-corrected chi connectivity index (χ1v) is 13.0. The molecule has 7 nitrogen and oxygen atoms in total. The molecule has 0 bridgehead atoms. The number of rotatable bonds is 3. The summed E-state index contributed by atoms with van der Waals surface area (Å²) >= 11 is 0. The summed E-state index contributed by atoms with van der Waals surface area (Å²) in [7, 11) is 0. The highest BCUT2D eigenvalue weighted by molar-refractivity contribution is 6.10. The second-order valence-corrected chi connectivity index (χ2v) is 10.2. The van der Waals surface area contributed by atoms with Gasteiger partial charge in [0.15, 0.2) is 0 Å². The Bertz CT molecular complexity index is 1170. The molecule has 4 aliphatic rings. The van der Waals surface area contributed by atoms with Crippen LogP contribution in [0.1, 0.15) is 53.6 Å². The van der Waals surface area contributed by atoms with Crippen molar-refractivity contribution in [3.63, 3.8) is 0 Å². The fraction of sp³-hybridized carbons (Fsp3) is 0.464. The first-order valence-electron chi connectivity index (χ1n) is 13.0. The van der Waals surface area contributed by atoms with Crippen molar-refractivity contribution in [1.82, 2.24) is 9.80 Å². The van der Waals surface area contributed by atoms with Crippen molar-refractivity contribution in [1.29, 1.82) is 0 Å². The molecule has 4 heterocycles. The summed E-state index contributed by atoms with van der Waals surface area (Å²) < 4.78 is 0. The zero-order valence-electron chi connectivity index (χ0n) is 20.1. The Hall–Kier alpha value is -3.35. The number of piperidine rings is 1. The SMILES string of the molecule is O=C(CN1C(=O)[C@@H]2CCCCN2c2ccc(C(=O)N3CCCC3)cc21)N1CCc2ccccc2C1. The molecule has 0 saturated carbocycles. The number of nitrogens with zero attached hydrogens (tertiary/aromatic N) is 4. The third kappa shape index (κ3) is 3.97. The number of likely N-dealkylation sites (tertiary alicyclic amines) is 1. The van der Waals surface area contributed by atoms with Gasteiger partial charge >= 0.3 is 0 Å². The lowest BCUT2D eigenvalue weighted by molar-refractivity contribution is -0.132. The van der Waals surface area contributed by atoms with Gasteiger partial charge in [0.05, 0.1) is 11.4 Å². The van der Waals surface area contributed by atoms with Crippen molar-refractivity contribution in [2.24, 2.45) is 0 Å². The van der Waals surface area contributed by atoms with Crippen molar-refractivity contribution in [3.05, 3.63) is 59.2 Å². The number of anilines is 2. The van der Waals surface area contributed by atoms with Crippen LogP contribution in [0, 0.1) is 0 Å². The largest absolute Gasteiger partial charge is 0.358 e. The van der Waals surface area contributed by atoms with Crippen molar-refractivity contribution in [3.8, 4) is 0 Å². The standard InChI is InChI=1S/C28H32N4O3/c33-26(30-16-12-20-7-1-2-8-22(20)18-30)19-32-25-17-21(27(34)29-13-5-6-14-29)10-11-23(25)31-15-4-3-9-24(31)28(32)35/h1-2,7-8,10-11,17,24H,3-6,9,12-16,18-19H2/t24-/m0/s1. The van der Waals surface area contributed by atoms with Crippen LogP contribution in [0.25, 0.3) is 0 Å². The molecule has 2 aromatic rings. The first-order chi connectivity index (χ1) is 17.1. The van der Waals surface area contributed by atoms with E-state index in [2.05, 4.69) is 17.0 Å². The van der Waals surface area contributed by atoms with Gasteiger partial charge in [-0.25, -0.2) is 0 Å². The minimum Gasteiger partial charge on any atom is -0.358 e. The van der Waals surface area contributed by atoms with Crippen molar-refractivity contribution in [2.45, 2.75) is 51.1 Å². The van der Waals surface area contributed by atoms with Crippen LogP contribution in [0.4, 0.5) is 11.4 Å². The molecule has 2 saturated heterocycles. The molecule has 4 aliphatic heterocycles. The molecule has 6 rings (SSSR count). The fourth-order valence-corrected chi connectivity index (χ4v) is 6.10. The van der Waals surface area contributed by atoms with E-state index in [1.54, 1.807) is 4.90 Å². The topological polar surface area (TPSA) is 64.2 Å². The number of hydrogen-bond acceptors (Lipinski definition) is 4. The van der Waals surface area contributed by atoms with Crippen LogP contribution in [0.5, 0.6) is 0 Å². The Morgan fingerprint density at radius 2 is 1.60 bits per heavy atom. The molecule has 0 spiro atoms. The van der Waals surface area contributed by atoms with Gasteiger partial charge in [0.1, 0.15) is 12.6 Å². The van der Waals surface area contributed by atoms with Crippen LogP contribution >= 0.6 is 0 Å². The number of benzene rings is 2. The predicted molar refractivity (Wildman–Crippen MR) is 134 cm³/mol. The predicted octanol–water partition coefficient (Wildman–Crippen LogP) is 3.21. The number of carbonyl (C=O) groups excluding carboxylic acids is 3. The lowest BCUT2D eigenvalue weighted by Gasteiger charge is -2.45. The lowest BCUT2D eigenvalue weighted by atomic mass is 9.95. The zero-order chi connectivity index (χ0) is 23.9. The molecule has 35 heavy (non-hydrogen) atoms. The summed E-state index contributed by atoms with van der Waals surface area (Å²) in [5.74, 6) is -0.0505. The van der Waals surface area contributed by atoms with Gasteiger partial charge in [-0.05, 0) is 67.9 Å². The van der Waals surface area contributed by atoms with E-state index in [1.807, 2.05) is 40.1 Å². The third-order valence-electron chi connectivity index (χ3n) is 8.05. The van der Waals surface area contributed by atoms with E-state index < -0.39 is 0 Å². The highest BCUT2D eigenvalue weighted by atomic mass is 16.2. The summed E-state index contributed by atoms with van der Waals surface area (Å²) in [5, 5.41) is 0. The molecule has 182 valence electrons. The molecule has 0 N–H and O–H groups in total. The average Bonchev–Trinajstić information content (AvgIpc) is 3.45. The summed E-state index contributed by atoms with van der Waals surface area (Å²) in [6.45, 7) is 3.64. The number of fused-ring (bicyclic) bond motifs is 4. The molecular formula is C28H32N4O3. The highest BCUT2D eigenvalue weighted by Gasteiger charge is 2.41. The minimum absolute atomic E-state index is 0.0115. The van der Waals surface area contributed by atoms with Crippen molar-refractivity contribution in [2.75, 3.05) is 42.5 Å². The van der Waals surface area contributed by atoms with Crippen LogP contribution in [0.2, 0.25) is 0 Å². The summed E-state index contributed by atoms with van der Waals surface area (Å²) in [5.41, 5.74) is 4.72. The Kier molecular flexibility index (Phi) is 5.71. The van der Waals surface area contributed by atoms with Gasteiger partial charge in [0.2, 0.25) is 11.8 Å². The zero-order valence-corrected chi connectivity index (χ0v) is 20.1. The van der Waals surface area contributed by atoms with E-state index in [0.29, 0.717) is 24.3 Å². The van der Waals surface area contributed by atoms with Gasteiger partial charge in [-0.15, -0.1) is 0 Å². The number of amides is 3. The molecule has 0 aliphatic carbocycles. The summed E-state index contributed by atoms with van der Waals surface area (Å²) in [6, 6.07) is 13.7. The molecule has 0 unspecified atom stereocenters. The van der Waals surface area contributed by atoms with Crippen LogP contribution in [0.3, 0.4) is 0 Å². The van der Waals surface area contributed by atoms with Crippen LogP contribution in [0.15, 0.2) is 42.5 Å². The van der Waals surface area contributed by atoms with E-state index in [-0.39, 0.29) is 30.3 Å². The third-order valence-corrected chi connectivity index (χ3v) is 8.05. The highest BCUT2D eigenvalue weighted by Crippen LogP contribution is 2.40. The number of carbonyl (C=O) groups is 3. The minimum atomic E-state index is -0.230. The molecule has 2 aromatic carbocycles. The maximum absolute atomic E-state index is 13.7. The van der Waals surface area contributed by atoms with Crippen molar-refractivity contribution >= 4 is 29.1 Å². The van der Waals surface area contributed by atoms with Gasteiger partial charge in [-0.3, -0.25) is 19.3 Å². The van der Waals surface area contributed by atoms with E-state index in [1.165, 1.54) is 11.1 Å². The molecule has 0 radical (unpaired) electrons. The van der Waals surface area contributed by atoms with Gasteiger partial charge in [0, 0.05) is 38.3 Å².